The zero-order valence-electron chi connectivity index (χ0n) is 17.2. The molecule has 1 heterocycles. The van der Waals surface area contributed by atoms with Crippen LogP contribution in [0.5, 0.6) is 0 Å². The zero-order chi connectivity index (χ0) is 21.6. The van der Waals surface area contributed by atoms with Gasteiger partial charge in [-0.05, 0) is 48.7 Å². The van der Waals surface area contributed by atoms with Gasteiger partial charge in [0.1, 0.15) is 0 Å². The molecule has 6 nitrogen and oxygen atoms in total. The van der Waals surface area contributed by atoms with Gasteiger partial charge >= 0.3 is 0 Å². The number of carbonyl (C=O) groups excluding carboxylic acids is 1. The van der Waals surface area contributed by atoms with Gasteiger partial charge in [0, 0.05) is 31.9 Å². The van der Waals surface area contributed by atoms with E-state index in [1.165, 1.54) is 17.9 Å². The van der Waals surface area contributed by atoms with Gasteiger partial charge in [-0.25, -0.2) is 8.42 Å². The molecule has 0 radical (unpaired) electrons. The van der Waals surface area contributed by atoms with Crippen LogP contribution in [0.1, 0.15) is 28.1 Å². The Hall–Kier alpha value is -3.06. The number of hydrogen-bond donors (Lipinski definition) is 1. The molecule has 0 aliphatic carbocycles. The van der Waals surface area contributed by atoms with Crippen LogP contribution in [0.3, 0.4) is 0 Å². The molecule has 0 fully saturated rings. The molecule has 0 saturated carbocycles. The molecule has 3 aromatic rings. The summed E-state index contributed by atoms with van der Waals surface area (Å²) in [4.78, 5) is 14.7. The Balaban J connectivity index is 1.54. The second kappa shape index (κ2) is 9.63. The summed E-state index contributed by atoms with van der Waals surface area (Å²) in [5, 5.41) is 2.82. The standard InChI is InChI=1S/C23H26N2O4S/c1-25(2)20-12-10-18(11-13-20)7-6-15-24-23(26)22-19(14-16-29-22)17-30(27,28)21-8-4-3-5-9-21/h3-5,8-14,16H,6-7,15,17H2,1-2H3,(H,24,26). The molecule has 0 spiro atoms. The third kappa shape index (κ3) is 5.51. The molecule has 7 heteroatoms. The minimum absolute atomic E-state index is 0.0462. The summed E-state index contributed by atoms with van der Waals surface area (Å²) in [7, 11) is 0.443. The van der Waals surface area contributed by atoms with Gasteiger partial charge in [-0.3, -0.25) is 4.79 Å². The van der Waals surface area contributed by atoms with Gasteiger partial charge in [-0.15, -0.1) is 0 Å². The van der Waals surface area contributed by atoms with E-state index in [0.29, 0.717) is 12.1 Å². The molecule has 0 saturated heterocycles. The van der Waals surface area contributed by atoms with Gasteiger partial charge in [0.2, 0.25) is 0 Å². The number of furan rings is 1. The number of rotatable bonds is 9. The van der Waals surface area contributed by atoms with Crippen LogP contribution in [0.2, 0.25) is 0 Å². The van der Waals surface area contributed by atoms with Crippen molar-refractivity contribution in [1.82, 2.24) is 5.32 Å². The van der Waals surface area contributed by atoms with E-state index in [9.17, 15) is 13.2 Å². The van der Waals surface area contributed by atoms with Crippen molar-refractivity contribution in [2.24, 2.45) is 0 Å². The summed E-state index contributed by atoms with van der Waals surface area (Å²) >= 11 is 0. The lowest BCUT2D eigenvalue weighted by Crippen LogP contribution is -2.25. The Morgan fingerprint density at radius 2 is 1.70 bits per heavy atom. The van der Waals surface area contributed by atoms with E-state index in [2.05, 4.69) is 29.6 Å². The quantitative estimate of drug-likeness (QED) is 0.528. The molecule has 1 aromatic heterocycles. The van der Waals surface area contributed by atoms with Crippen LogP contribution in [0, 0.1) is 0 Å². The van der Waals surface area contributed by atoms with E-state index in [1.54, 1.807) is 30.3 Å². The molecular formula is C23H26N2O4S. The third-order valence-corrected chi connectivity index (χ3v) is 6.46. The Bertz CT molecular complexity index is 1070. The molecular weight excluding hydrogens is 400 g/mol. The van der Waals surface area contributed by atoms with Crippen molar-refractivity contribution < 1.29 is 17.6 Å². The summed E-state index contributed by atoms with van der Waals surface area (Å²) in [5.74, 6) is -0.639. The van der Waals surface area contributed by atoms with Crippen molar-refractivity contribution in [3.63, 3.8) is 0 Å². The predicted octanol–water partition coefficient (Wildman–Crippen LogP) is 3.68. The van der Waals surface area contributed by atoms with E-state index in [1.807, 2.05) is 19.0 Å². The fourth-order valence-electron chi connectivity index (χ4n) is 3.10. The smallest absolute Gasteiger partial charge is 0.287 e. The lowest BCUT2D eigenvalue weighted by molar-refractivity contribution is 0.0924. The van der Waals surface area contributed by atoms with E-state index in [0.717, 1.165) is 18.5 Å². The molecule has 2 aromatic carbocycles. The highest BCUT2D eigenvalue weighted by Crippen LogP contribution is 2.20. The van der Waals surface area contributed by atoms with Gasteiger partial charge in [0.15, 0.2) is 15.6 Å². The number of nitrogens with one attached hydrogen (secondary N) is 1. The van der Waals surface area contributed by atoms with Crippen LogP contribution in [-0.4, -0.2) is 35.0 Å². The summed E-state index contributed by atoms with van der Waals surface area (Å²) in [6, 6.07) is 18.0. The minimum atomic E-state index is -3.55. The Kier molecular flexibility index (Phi) is 6.95. The number of aryl methyl sites for hydroxylation is 1. The Morgan fingerprint density at radius 1 is 1.00 bits per heavy atom. The fraction of sp³-hybridized carbons (Fsp3) is 0.261. The molecule has 0 atom stereocenters. The van der Waals surface area contributed by atoms with Crippen LogP contribution < -0.4 is 10.2 Å². The van der Waals surface area contributed by atoms with E-state index >= 15 is 0 Å². The zero-order valence-corrected chi connectivity index (χ0v) is 18.0. The fourth-order valence-corrected chi connectivity index (χ4v) is 4.48. The monoisotopic (exact) mass is 426 g/mol. The van der Waals surface area contributed by atoms with Crippen LogP contribution in [0.4, 0.5) is 5.69 Å². The molecule has 1 amide bonds. The molecule has 0 aliphatic heterocycles. The second-order valence-electron chi connectivity index (χ2n) is 7.27. The molecule has 1 N–H and O–H groups in total. The Labute approximate surface area is 177 Å². The molecule has 0 aliphatic rings. The summed E-state index contributed by atoms with van der Waals surface area (Å²) in [6.45, 7) is 0.472. The van der Waals surface area contributed by atoms with Gasteiger partial charge < -0.3 is 14.6 Å². The van der Waals surface area contributed by atoms with Crippen molar-refractivity contribution in [3.05, 3.63) is 83.8 Å². The van der Waals surface area contributed by atoms with E-state index < -0.39 is 15.7 Å². The molecule has 158 valence electrons. The first kappa shape index (κ1) is 21.6. The normalized spacial score (nSPS) is 11.3. The number of sulfone groups is 1. The van der Waals surface area contributed by atoms with Crippen LogP contribution >= 0.6 is 0 Å². The van der Waals surface area contributed by atoms with Crippen LogP contribution in [0.15, 0.2) is 76.2 Å². The van der Waals surface area contributed by atoms with E-state index in [-0.39, 0.29) is 16.4 Å². The number of amides is 1. The number of anilines is 1. The van der Waals surface area contributed by atoms with Crippen molar-refractivity contribution in [2.75, 3.05) is 25.5 Å². The first-order valence-electron chi connectivity index (χ1n) is 9.75. The van der Waals surface area contributed by atoms with Crippen molar-refractivity contribution in [3.8, 4) is 0 Å². The lowest BCUT2D eigenvalue weighted by Gasteiger charge is -2.12. The minimum Gasteiger partial charge on any atom is -0.459 e. The highest BCUT2D eigenvalue weighted by Gasteiger charge is 2.22. The number of nitrogens with zero attached hydrogens (tertiary/aromatic N) is 1. The molecule has 30 heavy (non-hydrogen) atoms. The van der Waals surface area contributed by atoms with Gasteiger partial charge in [-0.2, -0.15) is 0 Å². The maximum absolute atomic E-state index is 12.6. The maximum Gasteiger partial charge on any atom is 0.287 e. The predicted molar refractivity (Wildman–Crippen MR) is 117 cm³/mol. The lowest BCUT2D eigenvalue weighted by atomic mass is 10.1. The summed E-state index contributed by atoms with van der Waals surface area (Å²) in [6.07, 6.45) is 2.95. The van der Waals surface area contributed by atoms with Crippen LogP contribution in [0.25, 0.3) is 0 Å². The van der Waals surface area contributed by atoms with Crippen molar-refractivity contribution in [1.29, 1.82) is 0 Å². The number of hydrogen-bond acceptors (Lipinski definition) is 5. The largest absolute Gasteiger partial charge is 0.459 e. The SMILES string of the molecule is CN(C)c1ccc(CCCNC(=O)c2occc2CS(=O)(=O)c2ccccc2)cc1. The maximum atomic E-state index is 12.6. The number of benzene rings is 2. The summed E-state index contributed by atoms with van der Waals surface area (Å²) in [5.41, 5.74) is 2.70. The van der Waals surface area contributed by atoms with Gasteiger partial charge in [-0.1, -0.05) is 30.3 Å². The second-order valence-corrected chi connectivity index (χ2v) is 9.26. The summed E-state index contributed by atoms with van der Waals surface area (Å²) < 4.78 is 30.4. The third-order valence-electron chi connectivity index (χ3n) is 4.78. The average molecular weight is 427 g/mol. The van der Waals surface area contributed by atoms with Gasteiger partial charge in [0.05, 0.1) is 16.9 Å². The molecule has 0 unspecified atom stereocenters. The topological polar surface area (TPSA) is 79.6 Å². The van der Waals surface area contributed by atoms with Crippen molar-refractivity contribution >= 4 is 21.4 Å². The number of carbonyl (C=O) groups is 1. The molecule has 0 bridgehead atoms. The first-order valence-corrected chi connectivity index (χ1v) is 11.4. The Morgan fingerprint density at radius 3 is 2.37 bits per heavy atom. The van der Waals surface area contributed by atoms with Gasteiger partial charge in [0.25, 0.3) is 5.91 Å². The van der Waals surface area contributed by atoms with E-state index in [4.69, 9.17) is 4.42 Å². The highest BCUT2D eigenvalue weighted by molar-refractivity contribution is 7.90. The van der Waals surface area contributed by atoms with Crippen molar-refractivity contribution in [2.45, 2.75) is 23.5 Å². The first-order chi connectivity index (χ1) is 14.4. The average Bonchev–Trinajstić information content (AvgIpc) is 3.19. The van der Waals surface area contributed by atoms with Crippen LogP contribution in [-0.2, 0) is 22.0 Å². The molecule has 3 rings (SSSR count). The highest BCUT2D eigenvalue weighted by atomic mass is 32.2.